The van der Waals surface area contributed by atoms with Gasteiger partial charge in [-0.05, 0) is 0 Å². The lowest BCUT2D eigenvalue weighted by molar-refractivity contribution is -0.134. The Morgan fingerprint density at radius 1 is 1.64 bits per heavy atom. The highest BCUT2D eigenvalue weighted by Crippen LogP contribution is 2.30. The normalized spacial score (nSPS) is 27.1. The van der Waals surface area contributed by atoms with E-state index >= 15 is 0 Å². The van der Waals surface area contributed by atoms with Crippen molar-refractivity contribution < 1.29 is 23.1 Å². The molecular weight excluding hydrogens is 201 g/mol. The minimum atomic E-state index is -4.84. The zero-order chi connectivity index (χ0) is 11.0. The third-order valence-electron chi connectivity index (χ3n) is 1.74. The average Bonchev–Trinajstić information content (AvgIpc) is 2.28. The minimum Gasteiger partial charge on any atom is -0.374 e. The zero-order valence-corrected chi connectivity index (χ0v) is 6.93. The summed E-state index contributed by atoms with van der Waals surface area (Å²) in [5, 5.41) is 12.2. The number of nitrogens with one attached hydrogen (secondary N) is 1. The summed E-state index contributed by atoms with van der Waals surface area (Å²) in [6.45, 7) is 3.16. The van der Waals surface area contributed by atoms with Gasteiger partial charge in [0.25, 0.3) is 5.91 Å². The molecule has 14 heavy (non-hydrogen) atoms. The average molecular weight is 208 g/mol. The van der Waals surface area contributed by atoms with E-state index in [1.54, 1.807) is 5.43 Å². The van der Waals surface area contributed by atoms with Gasteiger partial charge in [-0.15, -0.1) is 6.58 Å². The summed E-state index contributed by atoms with van der Waals surface area (Å²) in [6.07, 6.45) is -4.35. The van der Waals surface area contributed by atoms with Gasteiger partial charge < -0.3 is 5.11 Å². The number of amides is 1. The van der Waals surface area contributed by atoms with Crippen LogP contribution < -0.4 is 5.43 Å². The van der Waals surface area contributed by atoms with Crippen LogP contribution in [0.15, 0.2) is 17.8 Å². The van der Waals surface area contributed by atoms with Gasteiger partial charge in [0.05, 0.1) is 0 Å². The van der Waals surface area contributed by atoms with Gasteiger partial charge >= 0.3 is 6.18 Å². The van der Waals surface area contributed by atoms with E-state index in [9.17, 15) is 23.1 Å². The Morgan fingerprint density at radius 3 is 2.64 bits per heavy atom. The maximum Gasteiger partial charge on any atom is 0.434 e. The summed E-state index contributed by atoms with van der Waals surface area (Å²) in [5.41, 5.74) is -2.59. The van der Waals surface area contributed by atoms with Gasteiger partial charge in [-0.3, -0.25) is 4.79 Å². The monoisotopic (exact) mass is 208 g/mol. The Bertz CT molecular complexity index is 311. The molecule has 0 spiro atoms. The Morgan fingerprint density at radius 2 is 2.21 bits per heavy atom. The predicted octanol–water partition coefficient (Wildman–Crippen LogP) is 0.342. The zero-order valence-electron chi connectivity index (χ0n) is 6.93. The first kappa shape index (κ1) is 10.7. The van der Waals surface area contributed by atoms with Crippen LogP contribution >= 0.6 is 0 Å². The van der Waals surface area contributed by atoms with Crippen molar-refractivity contribution in [3.63, 3.8) is 0 Å². The lowest BCUT2D eigenvalue weighted by atomic mass is 9.93. The number of carbonyl (C=O) groups is 1. The van der Waals surface area contributed by atoms with Gasteiger partial charge in [-0.25, -0.2) is 5.43 Å². The van der Waals surface area contributed by atoms with Crippen molar-refractivity contribution in [2.24, 2.45) is 5.10 Å². The number of hydrogen-bond donors (Lipinski definition) is 2. The summed E-state index contributed by atoms with van der Waals surface area (Å²) in [7, 11) is 0. The molecule has 1 heterocycles. The first-order valence-electron chi connectivity index (χ1n) is 3.61. The van der Waals surface area contributed by atoms with Crippen LogP contribution in [0.1, 0.15) is 6.42 Å². The minimum absolute atomic E-state index is 0.531. The molecule has 0 saturated carbocycles. The van der Waals surface area contributed by atoms with Crippen molar-refractivity contribution in [3.05, 3.63) is 12.7 Å². The molecule has 78 valence electrons. The van der Waals surface area contributed by atoms with Crippen LogP contribution in [0.25, 0.3) is 0 Å². The smallest absolute Gasteiger partial charge is 0.374 e. The van der Waals surface area contributed by atoms with E-state index in [0.717, 1.165) is 6.08 Å². The van der Waals surface area contributed by atoms with Gasteiger partial charge in [0.1, 0.15) is 0 Å². The third kappa shape index (κ3) is 1.50. The fourth-order valence-corrected chi connectivity index (χ4v) is 1.10. The molecule has 4 nitrogen and oxygen atoms in total. The second-order valence-electron chi connectivity index (χ2n) is 2.75. The molecule has 1 aliphatic heterocycles. The molecule has 2 N–H and O–H groups in total. The van der Waals surface area contributed by atoms with Crippen molar-refractivity contribution in [2.45, 2.75) is 18.2 Å². The highest BCUT2D eigenvalue weighted by molar-refractivity contribution is 6.17. The Balaban J connectivity index is 3.08. The van der Waals surface area contributed by atoms with Crippen LogP contribution in [0, 0.1) is 0 Å². The summed E-state index contributed by atoms with van der Waals surface area (Å²) >= 11 is 0. The molecule has 0 aromatic heterocycles. The fraction of sp³-hybridized carbons (Fsp3) is 0.429. The number of carbonyl (C=O) groups excluding carboxylic acids is 1. The molecule has 0 bridgehead atoms. The van der Waals surface area contributed by atoms with Crippen LogP contribution in [0.2, 0.25) is 0 Å². The Kier molecular flexibility index (Phi) is 2.36. The molecule has 0 saturated heterocycles. The van der Waals surface area contributed by atoms with Crippen LogP contribution in [0.5, 0.6) is 0 Å². The summed E-state index contributed by atoms with van der Waals surface area (Å²) in [5.74, 6) is -1.19. The van der Waals surface area contributed by atoms with Gasteiger partial charge in [-0.1, -0.05) is 6.08 Å². The molecular formula is C7H7F3N2O2. The van der Waals surface area contributed by atoms with Crippen LogP contribution in [-0.4, -0.2) is 28.5 Å². The molecule has 0 radical (unpaired) electrons. The number of rotatable bonds is 2. The number of hydrogen-bond acceptors (Lipinski definition) is 3. The highest BCUT2D eigenvalue weighted by atomic mass is 19.4. The summed E-state index contributed by atoms with van der Waals surface area (Å²) in [4.78, 5) is 10.9. The number of hydrazone groups is 1. The van der Waals surface area contributed by atoms with E-state index in [1.165, 1.54) is 0 Å². The molecule has 0 aromatic rings. The number of halogens is 3. The lowest BCUT2D eigenvalue weighted by Crippen LogP contribution is -2.50. The fourth-order valence-electron chi connectivity index (χ4n) is 1.10. The van der Waals surface area contributed by atoms with E-state index < -0.39 is 29.8 Å². The SMILES string of the molecule is C=CCC1(O)C(=O)NN=C1C(F)(F)F. The maximum absolute atomic E-state index is 12.2. The quantitative estimate of drug-likeness (QED) is 0.643. The molecule has 1 unspecified atom stereocenters. The molecule has 1 amide bonds. The van der Waals surface area contributed by atoms with E-state index in [-0.39, 0.29) is 0 Å². The number of nitrogens with zero attached hydrogens (tertiary/aromatic N) is 1. The summed E-state index contributed by atoms with van der Waals surface area (Å²) in [6, 6.07) is 0. The van der Waals surface area contributed by atoms with E-state index in [1.807, 2.05) is 0 Å². The largest absolute Gasteiger partial charge is 0.434 e. The number of aliphatic hydroxyl groups is 1. The van der Waals surface area contributed by atoms with Gasteiger partial charge in [0, 0.05) is 6.42 Å². The van der Waals surface area contributed by atoms with Crippen molar-refractivity contribution in [2.75, 3.05) is 0 Å². The van der Waals surface area contributed by atoms with Crippen molar-refractivity contribution in [1.82, 2.24) is 5.43 Å². The van der Waals surface area contributed by atoms with E-state index in [2.05, 4.69) is 11.7 Å². The predicted molar refractivity (Wildman–Crippen MR) is 41.4 cm³/mol. The van der Waals surface area contributed by atoms with Gasteiger partial charge in [-0.2, -0.15) is 18.3 Å². The van der Waals surface area contributed by atoms with E-state index in [4.69, 9.17) is 0 Å². The molecule has 1 atom stereocenters. The maximum atomic E-state index is 12.2. The summed E-state index contributed by atoms with van der Waals surface area (Å²) < 4.78 is 36.7. The van der Waals surface area contributed by atoms with Crippen LogP contribution in [0.4, 0.5) is 13.2 Å². The van der Waals surface area contributed by atoms with Crippen molar-refractivity contribution in [1.29, 1.82) is 0 Å². The van der Waals surface area contributed by atoms with Gasteiger partial charge in [0.15, 0.2) is 11.3 Å². The molecule has 1 aliphatic rings. The standard InChI is InChI=1S/C7H7F3N2O2/c1-2-3-6(14)4(7(8,9)10)11-12-5(6)13/h2,14H,1,3H2,(H,12,13). The molecule has 0 aromatic carbocycles. The van der Waals surface area contributed by atoms with Crippen LogP contribution in [-0.2, 0) is 4.79 Å². The number of alkyl halides is 3. The second kappa shape index (κ2) is 3.09. The van der Waals surface area contributed by atoms with Crippen molar-refractivity contribution >= 4 is 11.6 Å². The van der Waals surface area contributed by atoms with Gasteiger partial charge in [0.2, 0.25) is 0 Å². The molecule has 0 fully saturated rings. The third-order valence-corrected chi connectivity index (χ3v) is 1.74. The lowest BCUT2D eigenvalue weighted by Gasteiger charge is -2.20. The molecule has 7 heteroatoms. The Labute approximate surface area is 77.1 Å². The first-order chi connectivity index (χ1) is 6.32. The topological polar surface area (TPSA) is 61.7 Å². The Hall–Kier alpha value is -1.37. The highest BCUT2D eigenvalue weighted by Gasteiger charge is 2.56. The van der Waals surface area contributed by atoms with Crippen molar-refractivity contribution in [3.8, 4) is 0 Å². The van der Waals surface area contributed by atoms with E-state index in [0.29, 0.717) is 0 Å². The molecule has 0 aliphatic carbocycles. The first-order valence-corrected chi connectivity index (χ1v) is 3.61. The molecule has 1 rings (SSSR count). The second-order valence-corrected chi connectivity index (χ2v) is 2.75. The van der Waals surface area contributed by atoms with Crippen LogP contribution in [0.3, 0.4) is 0 Å².